The Morgan fingerprint density at radius 1 is 0.405 bits per heavy atom. The van der Waals surface area contributed by atoms with E-state index in [1.54, 1.807) is 45.2 Å². The van der Waals surface area contributed by atoms with Crippen molar-refractivity contribution in [1.82, 2.24) is 42.4 Å². The van der Waals surface area contributed by atoms with Crippen molar-refractivity contribution in [3.05, 3.63) is 0 Å². The number of ether oxygens (including phenoxy) is 16. The van der Waals surface area contributed by atoms with Crippen LogP contribution in [-0.2, 0) is 162 Å². The number of hydroxylamine groups is 3. The van der Waals surface area contributed by atoms with E-state index in [0.717, 1.165) is 41.5 Å². The van der Waals surface area contributed by atoms with Gasteiger partial charge in [0, 0.05) is 60.9 Å². The summed E-state index contributed by atoms with van der Waals surface area (Å²) in [6, 6.07) is -8.99. The van der Waals surface area contributed by atoms with Crippen molar-refractivity contribution in [1.29, 1.82) is 0 Å². The van der Waals surface area contributed by atoms with Crippen molar-refractivity contribution < 1.29 is 244 Å². The van der Waals surface area contributed by atoms with Crippen molar-refractivity contribution in [3.63, 3.8) is 0 Å². The molecule has 7 heterocycles. The Balaban J connectivity index is 0.000000411. The Morgan fingerprint density at radius 2 is 0.656 bits per heavy atom. The van der Waals surface area contributed by atoms with Gasteiger partial charge in [-0.3, -0.25) is 67.1 Å². The van der Waals surface area contributed by atoms with E-state index in [-0.39, 0.29) is 60.5 Å². The maximum atomic E-state index is 12.3. The minimum atomic E-state index is -2.98. The fourth-order valence-corrected chi connectivity index (χ4v) is 15.0. The van der Waals surface area contributed by atoms with E-state index in [0.29, 0.717) is 5.06 Å². The molecule has 59 nitrogen and oxygen atoms in total. The van der Waals surface area contributed by atoms with Crippen molar-refractivity contribution in [3.8, 4) is 0 Å². The van der Waals surface area contributed by atoms with Crippen LogP contribution in [0, 0.1) is 0 Å². The minimum absolute atomic E-state index is 0.0886. The van der Waals surface area contributed by atoms with E-state index in [4.69, 9.17) is 76.9 Å². The fourth-order valence-electron chi connectivity index (χ4n) is 14.7. The second-order valence-corrected chi connectivity index (χ2v) is 31.3. The molecule has 7 aliphatic rings. The van der Waals surface area contributed by atoms with Crippen LogP contribution in [0.2, 0.25) is 0 Å². The van der Waals surface area contributed by atoms with Crippen molar-refractivity contribution in [2.45, 2.75) is 287 Å². The first-order valence-corrected chi connectivity index (χ1v) is 42.2. The molecule has 0 aliphatic carbocycles. The predicted octanol–water partition coefficient (Wildman–Crippen LogP) is -15.7. The van der Waals surface area contributed by atoms with Crippen LogP contribution in [-0.4, -0.2) is 427 Å². The van der Waals surface area contributed by atoms with Gasteiger partial charge in [-0.25, -0.2) is 9.59 Å². The summed E-state index contributed by atoms with van der Waals surface area (Å²) in [6.07, 6.45) is -44.0. The van der Waals surface area contributed by atoms with E-state index in [1.807, 2.05) is 0 Å². The molecule has 32 unspecified atom stereocenters. The number of carbonyl (C=O) groups is 16. The van der Waals surface area contributed by atoms with Gasteiger partial charge in [0.15, 0.2) is 0 Å². The SMILES string of the molecule is CC(=O)NC1C(O)CC(OC=O)(OC(CO)C(O)C2OC(OC=O)(OC(CO)C(O)C3OC(O)(OC=O)CC(O)C3NC(C)=O)CC(O)C2NC(C)=O)OC1CN.CC(=O)NC1C(O)CC(OC=O)(OC(CO)C(O)C2OC(OC=O)(OC(CO)C(O)C3OC(O)(OC=O)CC(O)C3NC(C)=O)CC(O)C2NC(C)=O)OC1CNOC(=O)CI.O=C(CI)ON1C(=O)CCC1=O. The number of aliphatic hydroxyl groups is 16. The molecule has 0 spiro atoms. The molecular formula is C70H107I2N9O50. The molecular weight excluding hydrogens is 2020 g/mol. The summed E-state index contributed by atoms with van der Waals surface area (Å²) >= 11 is 3.50. The van der Waals surface area contributed by atoms with Gasteiger partial charge in [0.05, 0.1) is 155 Å². The summed E-state index contributed by atoms with van der Waals surface area (Å²) in [6.45, 7) is -0.906. The number of halogens is 2. The molecule has 61 heteroatoms. The summed E-state index contributed by atoms with van der Waals surface area (Å²) in [4.78, 5) is 195. The quantitative estimate of drug-likeness (QED) is 0.00512. The number of nitrogens with zero attached hydrogens (tertiary/aromatic N) is 1. The third-order valence-corrected chi connectivity index (χ3v) is 21.3. The van der Waals surface area contributed by atoms with Crippen molar-refractivity contribution >= 4 is 143 Å². The Kier molecular flexibility index (Phi) is 44.8. The summed E-state index contributed by atoms with van der Waals surface area (Å²) in [7, 11) is 0. The zero-order chi connectivity index (χ0) is 98.6. The molecule has 8 amide bonds. The number of nitrogens with one attached hydrogen (secondary N) is 7. The molecule has 0 radical (unpaired) electrons. The lowest BCUT2D eigenvalue weighted by Gasteiger charge is -2.50. The fraction of sp³-hybridized carbons (Fsp3) is 0.771. The summed E-state index contributed by atoms with van der Waals surface area (Å²) < 4.78 is 86.2. The smallest absolute Gasteiger partial charge is 0.342 e. The van der Waals surface area contributed by atoms with Gasteiger partial charge in [-0.15, -0.1) is 5.06 Å². The first-order valence-electron chi connectivity index (χ1n) is 39.2. The number of amides is 8. The molecule has 131 heavy (non-hydrogen) atoms. The molecule has 0 bridgehead atoms. The van der Waals surface area contributed by atoms with Crippen LogP contribution in [0.1, 0.15) is 92.9 Å². The van der Waals surface area contributed by atoms with Gasteiger partial charge >= 0.3 is 47.8 Å². The van der Waals surface area contributed by atoms with E-state index in [1.165, 1.54) is 0 Å². The maximum Gasteiger partial charge on any atom is 0.342 e. The van der Waals surface area contributed by atoms with Gasteiger partial charge in [-0.05, 0) is 0 Å². The van der Waals surface area contributed by atoms with Crippen molar-refractivity contribution in [2.24, 2.45) is 5.73 Å². The lowest BCUT2D eigenvalue weighted by molar-refractivity contribution is -0.443. The number of hydrogen-bond donors (Lipinski definition) is 24. The lowest BCUT2D eigenvalue weighted by Crippen LogP contribution is -2.70. The average molecular weight is 2130 g/mol. The Labute approximate surface area is 767 Å². The first-order chi connectivity index (χ1) is 61.6. The summed E-state index contributed by atoms with van der Waals surface area (Å²) in [5.41, 5.74) is 8.05. The lowest BCUT2D eigenvalue weighted by atomic mass is 9.90. The van der Waals surface area contributed by atoms with Gasteiger partial charge in [0.2, 0.25) is 35.4 Å². The number of rotatable bonds is 45. The summed E-state index contributed by atoms with van der Waals surface area (Å²) in [5.74, 6) is -23.7. The van der Waals surface area contributed by atoms with Gasteiger partial charge in [0.25, 0.3) is 50.6 Å². The van der Waals surface area contributed by atoms with E-state index >= 15 is 0 Å². The number of hydrogen-bond acceptors (Lipinski definition) is 52. The third-order valence-electron chi connectivity index (χ3n) is 20.0. The average Bonchev–Trinajstić information content (AvgIpc) is 1.40. The molecule has 0 saturated carbocycles. The van der Waals surface area contributed by atoms with Crippen LogP contribution >= 0.6 is 45.2 Å². The topological polar surface area (TPSA) is 876 Å². The second-order valence-electron chi connectivity index (χ2n) is 29.8. The maximum absolute atomic E-state index is 12.3. The number of alkyl halides is 2. The summed E-state index contributed by atoms with van der Waals surface area (Å²) in [5, 5.41) is 190. The van der Waals surface area contributed by atoms with Gasteiger partial charge in [-0.1, -0.05) is 45.2 Å². The monoisotopic (exact) mass is 2130 g/mol. The predicted molar refractivity (Wildman–Crippen MR) is 422 cm³/mol. The van der Waals surface area contributed by atoms with E-state index < -0.39 is 331 Å². The van der Waals surface area contributed by atoms with Gasteiger partial charge in [0.1, 0.15) is 83.8 Å². The highest BCUT2D eigenvalue weighted by atomic mass is 127. The molecule has 0 aromatic heterocycles. The van der Waals surface area contributed by atoms with E-state index in [2.05, 4.69) is 51.7 Å². The standard InChI is InChI=1S/C33H51IN4O24.C31H50N4O22.C6H6INO4/c1-14(44)36-24-18(48)5-32(55-12-42,57-20(24)8-35-62-23(50)7-34)58-22(10-40)28(52)30-26(38-16(3)46)19(49)6-33(61-30,56-13-43)59-21(9-39)27(51)29-25(37-15(2)45)17(47)4-31(53,60-29)54-11-41;1-13(41)33-22-17(45)5-30(51-11-39,53-19(22)7-32)54-21(9-37)26(48)28-24(35-15(3)43)18(46)6-31(57-28,52-12-40)55-20(8-36)25(47)27-23(34-14(2)42)16(44)4-29(49,56-27)50-10-38;7-3-6(11)12-8-4(9)1-2-5(8)10/h11-13,17-22,24-30,35,39-40,47-49,51-53H,4-10H2,1-3H3,(H,36,44)(H,37,45)(H,38,46);10-12,16-28,36-37,44-49H,4-9,32H2,1-3H3,(H,33,41)(H,34,42)(H,35,43);1-3H2. The highest BCUT2D eigenvalue weighted by Crippen LogP contribution is 2.43. The molecule has 746 valence electrons. The molecule has 7 rings (SSSR count). The van der Waals surface area contributed by atoms with Crippen LogP contribution in [0.15, 0.2) is 0 Å². The molecule has 32 atom stereocenters. The Bertz CT molecular complexity index is 3830. The molecule has 7 aliphatic heterocycles. The molecule has 0 aromatic carbocycles. The normalized spacial score (nSPS) is 34.6. The van der Waals surface area contributed by atoms with Crippen LogP contribution < -0.4 is 43.1 Å². The number of aliphatic hydroxyl groups excluding tert-OH is 14. The zero-order valence-corrected chi connectivity index (χ0v) is 74.4. The highest BCUT2D eigenvalue weighted by molar-refractivity contribution is 14.1. The van der Waals surface area contributed by atoms with Crippen LogP contribution in [0.3, 0.4) is 0 Å². The third kappa shape index (κ3) is 31.3. The second kappa shape index (κ2) is 51.7. The molecule has 7 saturated heterocycles. The van der Waals surface area contributed by atoms with Crippen LogP contribution in [0.25, 0.3) is 0 Å². The van der Waals surface area contributed by atoms with Crippen LogP contribution in [0.5, 0.6) is 0 Å². The Morgan fingerprint density at radius 3 is 0.924 bits per heavy atom. The van der Waals surface area contributed by atoms with E-state index in [9.17, 15) is 158 Å². The number of carbonyl (C=O) groups excluding carboxylic acids is 16. The minimum Gasteiger partial charge on any atom is -0.410 e. The largest absolute Gasteiger partial charge is 0.410 e. The molecule has 7 fully saturated rings. The van der Waals surface area contributed by atoms with Crippen LogP contribution in [0.4, 0.5) is 0 Å². The molecule has 0 aromatic rings. The van der Waals surface area contributed by atoms with Gasteiger partial charge < -0.3 is 205 Å². The zero-order valence-electron chi connectivity index (χ0n) is 70.1. The van der Waals surface area contributed by atoms with Gasteiger partial charge in [-0.2, -0.15) is 5.48 Å². The highest BCUT2D eigenvalue weighted by Gasteiger charge is 2.63. The Hall–Kier alpha value is -7.94. The number of nitrogens with two attached hydrogens (primary N) is 1. The first kappa shape index (κ1) is 114. The molecule has 25 N–H and O–H groups in total. The number of imide groups is 1. The van der Waals surface area contributed by atoms with Crippen molar-refractivity contribution in [2.75, 3.05) is 48.4 Å².